The van der Waals surface area contributed by atoms with Gasteiger partial charge in [0.25, 0.3) is 0 Å². The van der Waals surface area contributed by atoms with Crippen LogP contribution in [0.2, 0.25) is 5.02 Å². The lowest BCUT2D eigenvalue weighted by molar-refractivity contribution is 0.202. The van der Waals surface area contributed by atoms with E-state index in [1.165, 1.54) is 0 Å². The van der Waals surface area contributed by atoms with Gasteiger partial charge in [0.15, 0.2) is 5.65 Å². The summed E-state index contributed by atoms with van der Waals surface area (Å²) in [4.78, 5) is 2.26. The summed E-state index contributed by atoms with van der Waals surface area (Å²) in [6.45, 7) is 15.9. The Bertz CT molecular complexity index is 1200. The highest BCUT2D eigenvalue weighted by Crippen LogP contribution is 2.38. The van der Waals surface area contributed by atoms with Crippen LogP contribution < -0.4 is 10.2 Å². The van der Waals surface area contributed by atoms with Gasteiger partial charge in [0.1, 0.15) is 5.82 Å². The number of likely N-dealkylation sites (N-methyl/N-ethyl adjacent to an activating group) is 1. The van der Waals surface area contributed by atoms with Crippen molar-refractivity contribution in [3.05, 3.63) is 94.6 Å². The van der Waals surface area contributed by atoms with Crippen LogP contribution in [0.5, 0.6) is 0 Å². The summed E-state index contributed by atoms with van der Waals surface area (Å²) in [6.07, 6.45) is 4.75. The first-order valence-electron chi connectivity index (χ1n) is 11.4. The summed E-state index contributed by atoms with van der Waals surface area (Å²) in [7, 11) is 3.79. The number of anilines is 1. The van der Waals surface area contributed by atoms with E-state index in [4.69, 9.17) is 16.3 Å². The molecule has 1 aromatic carbocycles. The number of benzene rings is 1. The summed E-state index contributed by atoms with van der Waals surface area (Å²) >= 11 is 6.24. The number of halogens is 1. The van der Waals surface area contributed by atoms with Crippen LogP contribution in [0, 0.1) is 13.8 Å². The van der Waals surface area contributed by atoms with Gasteiger partial charge >= 0.3 is 0 Å². The highest BCUT2D eigenvalue weighted by atomic mass is 35.5. The van der Waals surface area contributed by atoms with Crippen LogP contribution in [0.15, 0.2) is 72.6 Å². The van der Waals surface area contributed by atoms with E-state index < -0.39 is 0 Å². The van der Waals surface area contributed by atoms with Gasteiger partial charge in [-0.25, -0.2) is 0 Å². The molecule has 0 radical (unpaired) electrons. The zero-order chi connectivity index (χ0) is 24.8. The third-order valence-electron chi connectivity index (χ3n) is 6.02. The average Bonchev–Trinajstić information content (AvgIpc) is 3.22. The van der Waals surface area contributed by atoms with E-state index in [0.29, 0.717) is 18.2 Å². The highest BCUT2D eigenvalue weighted by Gasteiger charge is 2.27. The Morgan fingerprint density at radius 1 is 1.26 bits per heavy atom. The lowest BCUT2D eigenvalue weighted by Gasteiger charge is -2.35. The van der Waals surface area contributed by atoms with Crippen molar-refractivity contribution in [2.45, 2.75) is 33.2 Å². The van der Waals surface area contributed by atoms with E-state index in [1.807, 2.05) is 29.5 Å². The molecular formula is C27H34ClN5O. The van der Waals surface area contributed by atoms with Crippen molar-refractivity contribution in [3.8, 4) is 0 Å². The van der Waals surface area contributed by atoms with E-state index in [2.05, 4.69) is 78.9 Å². The molecule has 6 nitrogen and oxygen atoms in total. The largest absolute Gasteiger partial charge is 0.383 e. The molecule has 0 amide bonds. The summed E-state index contributed by atoms with van der Waals surface area (Å²) < 4.78 is 7.29. The lowest BCUT2D eigenvalue weighted by Crippen LogP contribution is -2.30. The van der Waals surface area contributed by atoms with E-state index in [9.17, 15) is 0 Å². The molecule has 0 saturated carbocycles. The van der Waals surface area contributed by atoms with E-state index in [1.54, 1.807) is 7.11 Å². The first-order chi connectivity index (χ1) is 16.3. The lowest BCUT2D eigenvalue weighted by atomic mass is 9.89. The van der Waals surface area contributed by atoms with E-state index >= 15 is 0 Å². The molecule has 0 aliphatic carbocycles. The van der Waals surface area contributed by atoms with Crippen LogP contribution in [0.25, 0.3) is 5.65 Å². The van der Waals surface area contributed by atoms with Crippen molar-refractivity contribution in [2.75, 3.05) is 32.2 Å². The fraction of sp³-hybridized carbons (Fsp3) is 0.333. The molecule has 0 spiro atoms. The zero-order valence-electron chi connectivity index (χ0n) is 20.7. The van der Waals surface area contributed by atoms with Crippen LogP contribution in [0.1, 0.15) is 36.3 Å². The van der Waals surface area contributed by atoms with Crippen molar-refractivity contribution in [3.63, 3.8) is 0 Å². The summed E-state index contributed by atoms with van der Waals surface area (Å²) in [6, 6.07) is 9.99. The van der Waals surface area contributed by atoms with Gasteiger partial charge in [0.2, 0.25) is 0 Å². The number of methoxy groups -OCH3 is 1. The van der Waals surface area contributed by atoms with E-state index in [0.717, 1.165) is 51.5 Å². The second-order valence-corrected chi connectivity index (χ2v) is 8.73. The molecule has 1 atom stereocenters. The van der Waals surface area contributed by atoms with Gasteiger partial charge in [-0.2, -0.15) is 0 Å². The molecule has 1 unspecified atom stereocenters. The molecule has 0 bridgehead atoms. The predicted molar refractivity (Wildman–Crippen MR) is 142 cm³/mol. The minimum atomic E-state index is -0.138. The van der Waals surface area contributed by atoms with Crippen LogP contribution in [0.4, 0.5) is 5.69 Å². The Labute approximate surface area is 207 Å². The SMILES string of the molecule is C=C/C(NCCOC)=C(/C(=C)CC)C(c1ccc(Cl)cc1)N(C)c1cc(C)c2nnc(C)n2c1. The number of rotatable bonds is 11. The average molecular weight is 480 g/mol. The predicted octanol–water partition coefficient (Wildman–Crippen LogP) is 5.82. The van der Waals surface area contributed by atoms with Gasteiger partial charge in [-0.05, 0) is 61.2 Å². The summed E-state index contributed by atoms with van der Waals surface area (Å²) in [5, 5.41) is 12.8. The Morgan fingerprint density at radius 2 is 1.97 bits per heavy atom. The maximum atomic E-state index is 6.24. The number of aryl methyl sites for hydroxylation is 2. The monoisotopic (exact) mass is 479 g/mol. The van der Waals surface area contributed by atoms with Gasteiger partial charge in [-0.15, -0.1) is 10.2 Å². The van der Waals surface area contributed by atoms with Crippen LogP contribution in [-0.4, -0.2) is 41.9 Å². The number of fused-ring (bicyclic) bond motifs is 1. The number of ether oxygens (including phenoxy) is 1. The van der Waals surface area contributed by atoms with Crippen molar-refractivity contribution in [2.24, 2.45) is 0 Å². The van der Waals surface area contributed by atoms with Gasteiger partial charge < -0.3 is 15.0 Å². The molecule has 7 heteroatoms. The summed E-state index contributed by atoms with van der Waals surface area (Å²) in [5.74, 6) is 0.845. The minimum Gasteiger partial charge on any atom is -0.383 e. The van der Waals surface area contributed by atoms with Gasteiger partial charge in [0, 0.05) is 43.2 Å². The maximum absolute atomic E-state index is 6.24. The Hall–Kier alpha value is -3.09. The topological polar surface area (TPSA) is 54.7 Å². The molecule has 34 heavy (non-hydrogen) atoms. The van der Waals surface area contributed by atoms with Gasteiger partial charge in [0.05, 0.1) is 18.3 Å². The number of nitrogens with zero attached hydrogens (tertiary/aromatic N) is 4. The molecular weight excluding hydrogens is 446 g/mol. The molecule has 0 aliphatic rings. The third-order valence-corrected chi connectivity index (χ3v) is 6.27. The number of hydrogen-bond acceptors (Lipinski definition) is 5. The van der Waals surface area contributed by atoms with E-state index in [-0.39, 0.29) is 6.04 Å². The first kappa shape index (κ1) is 25.5. The van der Waals surface area contributed by atoms with Crippen LogP contribution in [-0.2, 0) is 4.74 Å². The molecule has 3 aromatic rings. The Balaban J connectivity index is 2.23. The van der Waals surface area contributed by atoms with Crippen LogP contribution in [0.3, 0.4) is 0 Å². The number of allylic oxidation sites excluding steroid dienone is 1. The minimum absolute atomic E-state index is 0.138. The normalized spacial score (nSPS) is 12.9. The fourth-order valence-electron chi connectivity index (χ4n) is 4.11. The quantitative estimate of drug-likeness (QED) is 0.277. The van der Waals surface area contributed by atoms with Crippen molar-refractivity contribution >= 4 is 22.9 Å². The molecule has 0 fully saturated rings. The number of nitrogens with one attached hydrogen (secondary N) is 1. The molecule has 0 aliphatic heterocycles. The molecule has 2 aromatic heterocycles. The van der Waals surface area contributed by atoms with Crippen LogP contribution >= 0.6 is 11.6 Å². The maximum Gasteiger partial charge on any atom is 0.163 e. The number of aromatic nitrogens is 3. The smallest absolute Gasteiger partial charge is 0.163 e. The Morgan fingerprint density at radius 3 is 2.59 bits per heavy atom. The van der Waals surface area contributed by atoms with Crippen molar-refractivity contribution < 1.29 is 4.74 Å². The van der Waals surface area contributed by atoms with Crippen molar-refractivity contribution in [1.82, 2.24) is 19.9 Å². The number of hydrogen-bond donors (Lipinski definition) is 1. The van der Waals surface area contributed by atoms with Crippen molar-refractivity contribution in [1.29, 1.82) is 0 Å². The summed E-state index contributed by atoms with van der Waals surface area (Å²) in [5.41, 5.74) is 7.11. The third kappa shape index (κ3) is 5.34. The second kappa shape index (κ2) is 11.4. The first-order valence-corrected chi connectivity index (χ1v) is 11.8. The zero-order valence-corrected chi connectivity index (χ0v) is 21.5. The second-order valence-electron chi connectivity index (χ2n) is 8.30. The molecule has 180 valence electrons. The standard InChI is InChI=1S/C27H34ClN5O/c1-8-18(3)25(24(9-2)29-14-15-34-7)26(21-10-12-22(28)13-11-21)32(6)23-16-19(4)27-31-30-20(5)33(27)17-23/h9-13,16-17,26,29H,2-3,8,14-15H2,1,4-7H3/b25-24+. The fourth-order valence-corrected chi connectivity index (χ4v) is 4.23. The molecule has 2 heterocycles. The molecule has 0 saturated heterocycles. The number of pyridine rings is 1. The Kier molecular flexibility index (Phi) is 8.53. The molecule has 3 rings (SSSR count). The molecule has 1 N–H and O–H groups in total. The highest BCUT2D eigenvalue weighted by molar-refractivity contribution is 6.30. The van der Waals surface area contributed by atoms with Gasteiger partial charge in [-0.1, -0.05) is 43.8 Å². The van der Waals surface area contributed by atoms with Gasteiger partial charge in [-0.3, -0.25) is 4.40 Å².